The van der Waals surface area contributed by atoms with Gasteiger partial charge in [0.1, 0.15) is 0 Å². The molecule has 122 valence electrons. The lowest BCUT2D eigenvalue weighted by Gasteiger charge is -2.31. The van der Waals surface area contributed by atoms with E-state index in [4.69, 9.17) is 0 Å². The molecule has 6 nitrogen and oxygen atoms in total. The molecule has 0 spiro atoms. The molecule has 0 aromatic rings. The van der Waals surface area contributed by atoms with Gasteiger partial charge in [0, 0.05) is 32.2 Å². The van der Waals surface area contributed by atoms with Crippen LogP contribution in [-0.2, 0) is 14.8 Å². The zero-order valence-corrected chi connectivity index (χ0v) is 13.7. The molecule has 0 saturated carbocycles. The summed E-state index contributed by atoms with van der Waals surface area (Å²) in [5, 5.41) is 3.30. The lowest BCUT2D eigenvalue weighted by molar-refractivity contribution is -0.130. The molecule has 0 aromatic carbocycles. The molecule has 0 unspecified atom stereocenters. The van der Waals surface area contributed by atoms with Crippen molar-refractivity contribution in [2.24, 2.45) is 0 Å². The topological polar surface area (TPSA) is 69.7 Å². The Morgan fingerprint density at radius 2 is 1.62 bits per heavy atom. The smallest absolute Gasteiger partial charge is 0.236 e. The predicted molar refractivity (Wildman–Crippen MR) is 82.5 cm³/mol. The van der Waals surface area contributed by atoms with E-state index < -0.39 is 10.0 Å². The van der Waals surface area contributed by atoms with E-state index in [1.54, 1.807) is 0 Å². The molecule has 2 fully saturated rings. The van der Waals surface area contributed by atoms with E-state index in [1.165, 1.54) is 23.4 Å². The van der Waals surface area contributed by atoms with Crippen molar-refractivity contribution < 1.29 is 13.2 Å². The number of sulfonamides is 1. The molecule has 0 bridgehead atoms. The van der Waals surface area contributed by atoms with Crippen LogP contribution in [0.3, 0.4) is 0 Å². The van der Waals surface area contributed by atoms with Crippen molar-refractivity contribution in [2.75, 3.05) is 39.0 Å². The molecule has 0 atom stereocenters. The second kappa shape index (κ2) is 7.56. The first-order valence-corrected chi connectivity index (χ1v) is 9.78. The van der Waals surface area contributed by atoms with Crippen LogP contribution in [0.25, 0.3) is 0 Å². The lowest BCUT2D eigenvalue weighted by atomic mass is 10.1. The van der Waals surface area contributed by atoms with Gasteiger partial charge in [0.2, 0.25) is 15.9 Å². The van der Waals surface area contributed by atoms with Crippen LogP contribution in [0.5, 0.6) is 0 Å². The van der Waals surface area contributed by atoms with Gasteiger partial charge in [-0.1, -0.05) is 12.8 Å². The molecule has 0 radical (unpaired) electrons. The Bertz CT molecular complexity index is 436. The first-order valence-electron chi connectivity index (χ1n) is 7.93. The van der Waals surface area contributed by atoms with Gasteiger partial charge < -0.3 is 10.2 Å². The summed E-state index contributed by atoms with van der Waals surface area (Å²) in [5.41, 5.74) is 0. The summed E-state index contributed by atoms with van der Waals surface area (Å²) in [6.45, 7) is 3.24. The SMILES string of the molecule is CS(=O)(=O)N1CCC(NCC(=O)N2CCCCCC2)CC1. The standard InChI is InChI=1S/C14H27N3O3S/c1-21(19,20)17-10-6-13(7-11-17)15-12-14(18)16-8-4-2-3-5-9-16/h13,15H,2-12H2,1H3. The predicted octanol–water partition coefficient (Wildman–Crippen LogP) is 0.403. The molecule has 2 rings (SSSR count). The van der Waals surface area contributed by atoms with Crippen LogP contribution in [0.4, 0.5) is 0 Å². The lowest BCUT2D eigenvalue weighted by Crippen LogP contribution is -2.47. The van der Waals surface area contributed by atoms with E-state index in [2.05, 4.69) is 5.32 Å². The van der Waals surface area contributed by atoms with Crippen LogP contribution in [0.1, 0.15) is 38.5 Å². The summed E-state index contributed by atoms with van der Waals surface area (Å²) in [6.07, 6.45) is 7.48. The molecule has 7 heteroatoms. The second-order valence-electron chi connectivity index (χ2n) is 6.11. The molecular weight excluding hydrogens is 290 g/mol. The third-order valence-electron chi connectivity index (χ3n) is 4.42. The third kappa shape index (κ3) is 5.23. The van der Waals surface area contributed by atoms with E-state index >= 15 is 0 Å². The van der Waals surface area contributed by atoms with Crippen LogP contribution in [0, 0.1) is 0 Å². The number of nitrogens with one attached hydrogen (secondary N) is 1. The van der Waals surface area contributed by atoms with Crippen molar-refractivity contribution in [2.45, 2.75) is 44.6 Å². The first kappa shape index (κ1) is 16.7. The average molecular weight is 317 g/mol. The van der Waals surface area contributed by atoms with Crippen LogP contribution in [0.15, 0.2) is 0 Å². The number of carbonyl (C=O) groups is 1. The Morgan fingerprint density at radius 3 is 2.14 bits per heavy atom. The van der Waals surface area contributed by atoms with Crippen molar-refractivity contribution in [3.8, 4) is 0 Å². The van der Waals surface area contributed by atoms with Crippen LogP contribution >= 0.6 is 0 Å². The summed E-state index contributed by atoms with van der Waals surface area (Å²) in [4.78, 5) is 14.1. The van der Waals surface area contributed by atoms with Gasteiger partial charge in [-0.25, -0.2) is 12.7 Å². The number of amides is 1. The zero-order valence-electron chi connectivity index (χ0n) is 12.9. The number of hydrogen-bond acceptors (Lipinski definition) is 4. The van der Waals surface area contributed by atoms with E-state index in [0.29, 0.717) is 19.6 Å². The number of carbonyl (C=O) groups excluding carboxylic acids is 1. The van der Waals surface area contributed by atoms with Gasteiger partial charge in [-0.15, -0.1) is 0 Å². The first-order chi connectivity index (χ1) is 9.97. The maximum atomic E-state index is 12.2. The van der Waals surface area contributed by atoms with Gasteiger partial charge in [0.15, 0.2) is 0 Å². The van der Waals surface area contributed by atoms with E-state index in [0.717, 1.165) is 38.8 Å². The van der Waals surface area contributed by atoms with Crippen LogP contribution in [-0.4, -0.2) is 68.6 Å². The molecular formula is C14H27N3O3S. The van der Waals surface area contributed by atoms with Gasteiger partial charge in [-0.05, 0) is 25.7 Å². The fraction of sp³-hybridized carbons (Fsp3) is 0.929. The highest BCUT2D eigenvalue weighted by atomic mass is 32.2. The van der Waals surface area contributed by atoms with Gasteiger partial charge in [0.25, 0.3) is 0 Å². The molecule has 0 aromatic heterocycles. The van der Waals surface area contributed by atoms with E-state index in [9.17, 15) is 13.2 Å². The highest BCUT2D eigenvalue weighted by Crippen LogP contribution is 2.13. The summed E-state index contributed by atoms with van der Waals surface area (Å²) >= 11 is 0. The second-order valence-corrected chi connectivity index (χ2v) is 8.09. The quantitative estimate of drug-likeness (QED) is 0.815. The summed E-state index contributed by atoms with van der Waals surface area (Å²) in [5.74, 6) is 0.183. The van der Waals surface area contributed by atoms with Crippen molar-refractivity contribution in [3.05, 3.63) is 0 Å². The molecule has 2 heterocycles. The molecule has 0 aliphatic carbocycles. The third-order valence-corrected chi connectivity index (χ3v) is 5.73. The average Bonchev–Trinajstić information content (AvgIpc) is 2.73. The summed E-state index contributed by atoms with van der Waals surface area (Å²) in [7, 11) is -3.07. The van der Waals surface area contributed by atoms with E-state index in [-0.39, 0.29) is 11.9 Å². The maximum absolute atomic E-state index is 12.2. The van der Waals surface area contributed by atoms with Crippen molar-refractivity contribution in [3.63, 3.8) is 0 Å². The normalized spacial score (nSPS) is 23.0. The minimum absolute atomic E-state index is 0.183. The Balaban J connectivity index is 1.70. The fourth-order valence-electron chi connectivity index (χ4n) is 3.06. The van der Waals surface area contributed by atoms with Gasteiger partial charge in [-0.2, -0.15) is 0 Å². The zero-order chi connectivity index (χ0) is 15.3. The number of piperidine rings is 1. The van der Waals surface area contributed by atoms with Crippen molar-refractivity contribution in [1.82, 2.24) is 14.5 Å². The number of hydrogen-bond donors (Lipinski definition) is 1. The molecule has 1 N–H and O–H groups in total. The highest BCUT2D eigenvalue weighted by Gasteiger charge is 2.25. The minimum Gasteiger partial charge on any atom is -0.342 e. The fourth-order valence-corrected chi connectivity index (χ4v) is 3.93. The number of rotatable bonds is 4. The largest absolute Gasteiger partial charge is 0.342 e. The van der Waals surface area contributed by atoms with Crippen LogP contribution in [0.2, 0.25) is 0 Å². The minimum atomic E-state index is -3.07. The molecule has 2 aliphatic heterocycles. The maximum Gasteiger partial charge on any atom is 0.236 e. The van der Waals surface area contributed by atoms with Gasteiger partial charge in [0.05, 0.1) is 12.8 Å². The van der Waals surface area contributed by atoms with Crippen molar-refractivity contribution in [1.29, 1.82) is 0 Å². The van der Waals surface area contributed by atoms with Gasteiger partial charge in [-0.3, -0.25) is 4.79 Å². The Labute approximate surface area is 127 Å². The monoisotopic (exact) mass is 317 g/mol. The number of likely N-dealkylation sites (tertiary alicyclic amines) is 1. The Kier molecular flexibility index (Phi) is 6.01. The molecule has 2 saturated heterocycles. The van der Waals surface area contributed by atoms with Crippen LogP contribution < -0.4 is 5.32 Å². The summed E-state index contributed by atoms with van der Waals surface area (Å²) in [6, 6.07) is 0.249. The van der Waals surface area contributed by atoms with Crippen molar-refractivity contribution >= 4 is 15.9 Å². The molecule has 21 heavy (non-hydrogen) atoms. The molecule has 2 aliphatic rings. The Hall–Kier alpha value is -0.660. The summed E-state index contributed by atoms with van der Waals surface area (Å²) < 4.78 is 24.4. The van der Waals surface area contributed by atoms with Gasteiger partial charge >= 0.3 is 0 Å². The Morgan fingerprint density at radius 1 is 1.05 bits per heavy atom. The molecule has 1 amide bonds. The highest BCUT2D eigenvalue weighted by molar-refractivity contribution is 7.88. The number of nitrogens with zero attached hydrogens (tertiary/aromatic N) is 2. The van der Waals surface area contributed by atoms with E-state index in [1.807, 2.05) is 4.90 Å².